The van der Waals surface area contributed by atoms with Gasteiger partial charge in [0, 0.05) is 5.69 Å². The Morgan fingerprint density at radius 1 is 1.44 bits per heavy atom. The summed E-state index contributed by atoms with van der Waals surface area (Å²) >= 11 is 0. The van der Waals surface area contributed by atoms with Gasteiger partial charge in [-0.15, -0.1) is 0 Å². The van der Waals surface area contributed by atoms with Crippen molar-refractivity contribution in [2.45, 2.75) is 12.8 Å². The lowest BCUT2D eigenvalue weighted by Gasteiger charge is -2.07. The van der Waals surface area contributed by atoms with E-state index in [9.17, 15) is 18.0 Å². The molecule has 0 spiro atoms. The molecule has 1 rings (SSSR count). The van der Waals surface area contributed by atoms with Crippen LogP contribution in [0.2, 0.25) is 0 Å². The number of ether oxygens (including phenoxy) is 1. The fraction of sp³-hybridized carbons (Fsp3) is 0.364. The first-order valence-electron chi connectivity index (χ1n) is 5.20. The molecule has 1 amide bonds. The van der Waals surface area contributed by atoms with Crippen LogP contribution in [0, 0.1) is 5.82 Å². The van der Waals surface area contributed by atoms with Crippen molar-refractivity contribution in [1.82, 2.24) is 0 Å². The molecule has 0 fully saturated rings. The predicted octanol–water partition coefficient (Wildman–Crippen LogP) is 2.02. The van der Waals surface area contributed by atoms with Crippen LogP contribution in [-0.2, 0) is 9.53 Å². The lowest BCUT2D eigenvalue weighted by Crippen LogP contribution is -2.16. The number of amides is 1. The summed E-state index contributed by atoms with van der Waals surface area (Å²) < 4.78 is 41.2. The van der Waals surface area contributed by atoms with E-state index in [1.54, 1.807) is 0 Å². The minimum atomic E-state index is -2.57. The molecule has 0 aliphatic carbocycles. The number of carbonyl (C=O) groups excluding carboxylic acids is 1. The summed E-state index contributed by atoms with van der Waals surface area (Å²) in [6.45, 7) is -0.865. The van der Waals surface area contributed by atoms with E-state index in [-0.39, 0.29) is 24.4 Å². The van der Waals surface area contributed by atoms with Crippen LogP contribution in [0.1, 0.15) is 6.42 Å². The maximum absolute atomic E-state index is 13.3. The Labute approximate surface area is 102 Å². The lowest BCUT2D eigenvalue weighted by molar-refractivity contribution is -0.117. The Bertz CT molecular complexity index is 413. The monoisotopic (exact) mass is 262 g/mol. The fourth-order valence-corrected chi connectivity index (χ4v) is 1.18. The van der Waals surface area contributed by atoms with Crippen LogP contribution in [0.3, 0.4) is 0 Å². The maximum Gasteiger partial charge on any atom is 0.261 e. The summed E-state index contributed by atoms with van der Waals surface area (Å²) in [7, 11) is 0. The van der Waals surface area contributed by atoms with Crippen LogP contribution >= 0.6 is 0 Å². The van der Waals surface area contributed by atoms with E-state index in [0.29, 0.717) is 0 Å². The second kappa shape index (κ2) is 6.85. The number of nitrogens with one attached hydrogen (secondary N) is 1. The third-order valence-electron chi connectivity index (χ3n) is 1.98. The number of hydrogen-bond donors (Lipinski definition) is 2. The molecule has 0 radical (unpaired) electrons. The Hall–Kier alpha value is -1.76. The van der Waals surface area contributed by atoms with Gasteiger partial charge in [-0.2, -0.15) is 0 Å². The smallest absolute Gasteiger partial charge is 0.261 e. The zero-order valence-corrected chi connectivity index (χ0v) is 9.46. The van der Waals surface area contributed by atoms with Gasteiger partial charge < -0.3 is 15.8 Å². The number of hydrogen-bond acceptors (Lipinski definition) is 3. The van der Waals surface area contributed by atoms with Gasteiger partial charge in [-0.3, -0.25) is 4.79 Å². The molecule has 18 heavy (non-hydrogen) atoms. The Morgan fingerprint density at radius 2 is 2.17 bits per heavy atom. The van der Waals surface area contributed by atoms with Crippen LogP contribution < -0.4 is 11.1 Å². The number of benzene rings is 1. The van der Waals surface area contributed by atoms with E-state index in [0.717, 1.165) is 6.07 Å². The molecule has 0 aliphatic heterocycles. The zero-order chi connectivity index (χ0) is 13.5. The Kier molecular flexibility index (Phi) is 5.44. The number of nitrogens with two attached hydrogens (primary N) is 1. The van der Waals surface area contributed by atoms with Crippen molar-refractivity contribution in [3.05, 3.63) is 24.0 Å². The first-order valence-corrected chi connectivity index (χ1v) is 5.20. The fourth-order valence-electron chi connectivity index (χ4n) is 1.18. The molecule has 1 aromatic rings. The number of halogens is 3. The lowest BCUT2D eigenvalue weighted by atomic mass is 10.2. The quantitative estimate of drug-likeness (QED) is 0.609. The summed E-state index contributed by atoms with van der Waals surface area (Å²) in [5, 5.41) is 2.29. The minimum Gasteiger partial charge on any atom is -0.399 e. The van der Waals surface area contributed by atoms with E-state index in [2.05, 4.69) is 10.1 Å². The van der Waals surface area contributed by atoms with Gasteiger partial charge in [-0.25, -0.2) is 13.2 Å². The number of carbonyl (C=O) groups is 1. The van der Waals surface area contributed by atoms with Gasteiger partial charge >= 0.3 is 0 Å². The number of alkyl halides is 2. The van der Waals surface area contributed by atoms with Gasteiger partial charge in [0.05, 0.1) is 18.7 Å². The molecule has 0 saturated carbocycles. The summed E-state index contributed by atoms with van der Waals surface area (Å²) in [4.78, 5) is 11.3. The van der Waals surface area contributed by atoms with Crippen LogP contribution in [-0.4, -0.2) is 25.5 Å². The van der Waals surface area contributed by atoms with Crippen molar-refractivity contribution >= 4 is 17.3 Å². The average molecular weight is 262 g/mol. The molecule has 0 saturated heterocycles. The van der Waals surface area contributed by atoms with Crippen molar-refractivity contribution in [3.63, 3.8) is 0 Å². The third kappa shape index (κ3) is 5.05. The predicted molar refractivity (Wildman–Crippen MR) is 60.9 cm³/mol. The van der Waals surface area contributed by atoms with Crippen molar-refractivity contribution < 1.29 is 22.7 Å². The molecule has 3 N–H and O–H groups in total. The number of nitrogen functional groups attached to an aromatic ring is 1. The van der Waals surface area contributed by atoms with E-state index in [1.807, 2.05) is 0 Å². The van der Waals surface area contributed by atoms with Gasteiger partial charge in [-0.05, 0) is 18.2 Å². The van der Waals surface area contributed by atoms with Crippen LogP contribution in [0.4, 0.5) is 24.5 Å². The largest absolute Gasteiger partial charge is 0.399 e. The zero-order valence-electron chi connectivity index (χ0n) is 9.46. The van der Waals surface area contributed by atoms with Crippen molar-refractivity contribution in [2.24, 2.45) is 0 Å². The van der Waals surface area contributed by atoms with Gasteiger partial charge in [0.15, 0.2) is 0 Å². The molecule has 0 aromatic heterocycles. The molecule has 100 valence electrons. The van der Waals surface area contributed by atoms with Crippen molar-refractivity contribution in [1.29, 1.82) is 0 Å². The standard InChI is InChI=1S/C11H13F3N2O2/c12-8-5-7(15)1-2-9(8)16-11(17)3-4-18-6-10(13)14/h1-2,5,10H,3-4,6,15H2,(H,16,17). The van der Waals surface area contributed by atoms with Gasteiger partial charge in [0.1, 0.15) is 12.4 Å². The van der Waals surface area contributed by atoms with Crippen LogP contribution in [0.15, 0.2) is 18.2 Å². The first kappa shape index (κ1) is 14.3. The van der Waals surface area contributed by atoms with Gasteiger partial charge in [0.2, 0.25) is 5.91 Å². The molecule has 0 unspecified atom stereocenters. The second-order valence-corrected chi connectivity index (χ2v) is 3.50. The van der Waals surface area contributed by atoms with Crippen molar-refractivity contribution in [3.8, 4) is 0 Å². The SMILES string of the molecule is Nc1ccc(NC(=O)CCOCC(F)F)c(F)c1. The Balaban J connectivity index is 2.35. The molecule has 1 aromatic carbocycles. The third-order valence-corrected chi connectivity index (χ3v) is 1.98. The van der Waals surface area contributed by atoms with Crippen LogP contribution in [0.5, 0.6) is 0 Å². The summed E-state index contributed by atoms with van der Waals surface area (Å²) in [5.74, 6) is -1.18. The normalized spacial score (nSPS) is 10.7. The molecule has 7 heteroatoms. The first-order chi connectivity index (χ1) is 8.49. The van der Waals surface area contributed by atoms with Gasteiger partial charge in [-0.1, -0.05) is 0 Å². The van der Waals surface area contributed by atoms with E-state index in [4.69, 9.17) is 5.73 Å². The van der Waals surface area contributed by atoms with E-state index < -0.39 is 24.8 Å². The Morgan fingerprint density at radius 3 is 2.78 bits per heavy atom. The second-order valence-electron chi connectivity index (χ2n) is 3.50. The molecule has 0 atom stereocenters. The average Bonchev–Trinajstić information content (AvgIpc) is 2.28. The van der Waals surface area contributed by atoms with E-state index in [1.165, 1.54) is 12.1 Å². The molecular weight excluding hydrogens is 249 g/mol. The summed E-state index contributed by atoms with van der Waals surface area (Å²) in [5.41, 5.74) is 5.57. The highest BCUT2D eigenvalue weighted by atomic mass is 19.3. The maximum atomic E-state index is 13.3. The summed E-state index contributed by atoms with van der Waals surface area (Å²) in [6.07, 6.45) is -2.70. The number of anilines is 2. The molecule has 0 bridgehead atoms. The van der Waals surface area contributed by atoms with Crippen LogP contribution in [0.25, 0.3) is 0 Å². The minimum absolute atomic E-state index is 0.0111. The number of rotatable bonds is 6. The highest BCUT2D eigenvalue weighted by Gasteiger charge is 2.08. The molecule has 4 nitrogen and oxygen atoms in total. The van der Waals surface area contributed by atoms with Crippen molar-refractivity contribution in [2.75, 3.05) is 24.3 Å². The highest BCUT2D eigenvalue weighted by molar-refractivity contribution is 5.91. The van der Waals surface area contributed by atoms with Gasteiger partial charge in [0.25, 0.3) is 6.43 Å². The topological polar surface area (TPSA) is 64.3 Å². The summed E-state index contributed by atoms with van der Waals surface area (Å²) in [6, 6.07) is 3.83. The van der Waals surface area contributed by atoms with E-state index >= 15 is 0 Å². The molecule has 0 heterocycles. The molecule has 0 aliphatic rings. The highest BCUT2D eigenvalue weighted by Crippen LogP contribution is 2.16. The molecular formula is C11H13F3N2O2.